The molecule has 3 aromatic heterocycles. The number of fused-ring (bicyclic) bond motifs is 1. The number of ether oxygens (including phenoxy) is 2. The number of nitrogen functional groups attached to an aromatic ring is 1. The number of aromatic nitrogens is 5. The normalized spacial score (nSPS) is 29.8. The molecule has 0 spiro atoms. The largest absolute Gasteiger partial charge is 0.756 e. The second kappa shape index (κ2) is 14.6. The molecule has 260 valence electrons. The zero-order valence-corrected chi connectivity index (χ0v) is 26.4. The number of aliphatic hydroxyl groups excluding tert-OH is 4. The Kier molecular flexibility index (Phi) is 10.9. The Balaban J connectivity index is 1.23. The number of hydrogen-bond donors (Lipinski definition) is 6. The highest BCUT2D eigenvalue weighted by Gasteiger charge is 2.50. The van der Waals surface area contributed by atoms with Crippen LogP contribution in [0.5, 0.6) is 0 Å². The van der Waals surface area contributed by atoms with E-state index in [1.807, 2.05) is 0 Å². The van der Waals surface area contributed by atoms with E-state index in [9.17, 15) is 39.2 Å². The summed E-state index contributed by atoms with van der Waals surface area (Å²) in [5.41, 5.74) is 11.5. The van der Waals surface area contributed by atoms with Gasteiger partial charge in [-0.2, -0.15) is 4.57 Å². The molecule has 2 aliphatic heterocycles. The van der Waals surface area contributed by atoms with Crippen LogP contribution in [0.1, 0.15) is 29.2 Å². The average molecular weight is 716 g/mol. The predicted molar refractivity (Wildman–Crippen MR) is 154 cm³/mol. The van der Waals surface area contributed by atoms with Crippen LogP contribution in [0.25, 0.3) is 11.2 Å². The van der Waals surface area contributed by atoms with Gasteiger partial charge >= 0.3 is 7.82 Å². The predicted octanol–water partition coefficient (Wildman–Crippen LogP) is -2.60. The third kappa shape index (κ3) is 7.72. The summed E-state index contributed by atoms with van der Waals surface area (Å²) in [6, 6.07) is 2.86. The molecular weight excluding hydrogens is 684 g/mol. The number of anilines is 1. The minimum atomic E-state index is -5.59. The number of imidazole rings is 1. The van der Waals surface area contributed by atoms with E-state index in [1.54, 1.807) is 0 Å². The Labute approximate surface area is 271 Å². The molecule has 2 unspecified atom stereocenters. The van der Waals surface area contributed by atoms with Gasteiger partial charge in [0.05, 0.1) is 26.1 Å². The highest BCUT2D eigenvalue weighted by molar-refractivity contribution is 7.61. The minimum absolute atomic E-state index is 0.0473. The fourth-order valence-electron chi connectivity index (χ4n) is 4.84. The molecule has 5 rings (SSSR count). The first-order valence-electron chi connectivity index (χ1n) is 14.0. The highest BCUT2D eigenvalue weighted by Crippen LogP contribution is 2.62. The number of nitrogens with two attached hydrogens (primary N) is 2. The number of carbonyl (C=O) groups is 1. The molecule has 1 amide bonds. The van der Waals surface area contributed by atoms with Crippen LogP contribution < -0.4 is 20.9 Å². The van der Waals surface area contributed by atoms with Crippen molar-refractivity contribution in [1.82, 2.24) is 19.5 Å². The maximum Gasteiger partial charge on any atom is 0.481 e. The summed E-state index contributed by atoms with van der Waals surface area (Å²) in [4.78, 5) is 36.2. The molecule has 2 fully saturated rings. The van der Waals surface area contributed by atoms with Crippen LogP contribution in [0.15, 0.2) is 37.2 Å². The number of nitrogens with zero attached hydrogens (tertiary/aromatic N) is 5. The van der Waals surface area contributed by atoms with Gasteiger partial charge in [0.1, 0.15) is 47.9 Å². The maximum absolute atomic E-state index is 13.4. The number of pyridine rings is 1. The van der Waals surface area contributed by atoms with Gasteiger partial charge in [-0.15, -0.1) is 12.3 Å². The first kappa shape index (κ1) is 35.8. The van der Waals surface area contributed by atoms with Gasteiger partial charge in [0, 0.05) is 12.5 Å². The Bertz CT molecular complexity index is 1770. The summed E-state index contributed by atoms with van der Waals surface area (Å²) in [6.07, 6.45) is -1.82. The van der Waals surface area contributed by atoms with E-state index in [1.165, 1.54) is 40.0 Å². The summed E-state index contributed by atoms with van der Waals surface area (Å²) in [7, 11) is -10.7. The van der Waals surface area contributed by atoms with Gasteiger partial charge in [0.15, 0.2) is 36.2 Å². The lowest BCUT2D eigenvalue weighted by atomic mass is 10.1. The number of carbonyl (C=O) groups excluding carboxylic acids is 1. The van der Waals surface area contributed by atoms with Crippen molar-refractivity contribution < 1.29 is 71.2 Å². The Hall–Kier alpha value is -3.45. The van der Waals surface area contributed by atoms with Crippen LogP contribution in [0.2, 0.25) is 0 Å². The molecule has 5 heterocycles. The van der Waals surface area contributed by atoms with Gasteiger partial charge in [-0.05, 0) is 6.07 Å². The summed E-state index contributed by atoms with van der Waals surface area (Å²) in [5.74, 6) is 1.48. The molecule has 2 aliphatic rings. The number of phosphoric ester groups is 2. The SMILES string of the molecule is C#CCCOP(=O)(OC[C@H]1O[C@@H]([n+]2cccc(C(N)=O)c2)[C@H](O)[C@@H]1O)OP(=O)([O-])OC[C@H]1O[C@@H](n2cnc3c(N)ncnc32)[C@H](O)[C@@H]1O. The van der Waals surface area contributed by atoms with Crippen molar-refractivity contribution >= 4 is 38.5 Å². The molecule has 10 atom stereocenters. The van der Waals surface area contributed by atoms with Gasteiger partial charge in [-0.3, -0.25) is 23.0 Å². The molecule has 3 aromatic rings. The smallest absolute Gasteiger partial charge is 0.481 e. The number of phosphoric acid groups is 2. The maximum atomic E-state index is 13.4. The standard InChI is InChI=1S/C25H31N7O14P2/c1-2-3-7-41-48(40,43-10-15-17(33)19(35)24(44-15)31-6-4-5-13(8-31)22(27)37)46-47(38,39)42-9-14-18(34)20(36)25(45-14)32-12-30-16-21(26)28-11-29-23(16)32/h1,4-6,8,11-12,14-15,17-20,24-25,33-36H,3,7,9-10H2,(H4-,26,27,28,29,37,38,39)/t14-,15-,17-,18-,19-,20-,24-,25-,48?/m1/s1. The quantitative estimate of drug-likeness (QED) is 0.0431. The second-order valence-corrected chi connectivity index (χ2v) is 13.7. The topological polar surface area (TPSA) is 310 Å². The number of rotatable bonds is 14. The van der Waals surface area contributed by atoms with E-state index in [-0.39, 0.29) is 29.0 Å². The molecule has 0 aliphatic carbocycles. The number of primary amides is 1. The van der Waals surface area contributed by atoms with Crippen molar-refractivity contribution in [3.63, 3.8) is 0 Å². The molecule has 0 saturated carbocycles. The molecule has 0 radical (unpaired) electrons. The van der Waals surface area contributed by atoms with Crippen LogP contribution in [-0.2, 0) is 36.5 Å². The van der Waals surface area contributed by atoms with E-state index in [2.05, 4.69) is 25.2 Å². The second-order valence-electron chi connectivity index (χ2n) is 10.4. The van der Waals surface area contributed by atoms with Crippen LogP contribution in [-0.4, -0.2) is 102 Å². The van der Waals surface area contributed by atoms with Crippen molar-refractivity contribution in [3.8, 4) is 12.3 Å². The van der Waals surface area contributed by atoms with Gasteiger partial charge in [0.2, 0.25) is 0 Å². The zero-order valence-electron chi connectivity index (χ0n) is 24.6. The van der Waals surface area contributed by atoms with Crippen molar-refractivity contribution in [3.05, 3.63) is 42.7 Å². The Morgan fingerprint density at radius 1 is 1.06 bits per heavy atom. The van der Waals surface area contributed by atoms with Gasteiger partial charge in [-0.1, -0.05) is 0 Å². The van der Waals surface area contributed by atoms with Gasteiger partial charge in [-0.25, -0.2) is 23.8 Å². The van der Waals surface area contributed by atoms with Crippen molar-refractivity contribution in [2.75, 3.05) is 25.6 Å². The van der Waals surface area contributed by atoms with Gasteiger partial charge in [0.25, 0.3) is 20.0 Å². The fraction of sp³-hybridized carbons (Fsp3) is 0.480. The lowest BCUT2D eigenvalue weighted by Gasteiger charge is -2.28. The van der Waals surface area contributed by atoms with E-state index in [0.717, 1.165) is 6.33 Å². The zero-order chi connectivity index (χ0) is 34.8. The minimum Gasteiger partial charge on any atom is -0.756 e. The molecule has 21 nitrogen and oxygen atoms in total. The molecule has 23 heteroatoms. The molecule has 2 saturated heterocycles. The highest BCUT2D eigenvalue weighted by atomic mass is 31.3. The van der Waals surface area contributed by atoms with Crippen LogP contribution in [0, 0.1) is 12.3 Å². The third-order valence-electron chi connectivity index (χ3n) is 7.23. The average Bonchev–Trinajstić information content (AvgIpc) is 3.69. The fourth-order valence-corrected chi connectivity index (χ4v) is 7.43. The van der Waals surface area contributed by atoms with Crippen LogP contribution >= 0.6 is 15.6 Å². The summed E-state index contributed by atoms with van der Waals surface area (Å²) in [6.45, 7) is -2.25. The molecular formula is C25H31N7O14P2. The van der Waals surface area contributed by atoms with E-state index >= 15 is 0 Å². The number of amides is 1. The summed E-state index contributed by atoms with van der Waals surface area (Å²) >= 11 is 0. The van der Waals surface area contributed by atoms with E-state index < -0.39 is 90.5 Å². The van der Waals surface area contributed by atoms with Crippen LogP contribution in [0.3, 0.4) is 0 Å². The first-order chi connectivity index (χ1) is 22.7. The molecule has 0 aromatic carbocycles. The summed E-state index contributed by atoms with van der Waals surface area (Å²) in [5, 5.41) is 42.2. The molecule has 48 heavy (non-hydrogen) atoms. The lowest BCUT2D eigenvalue weighted by molar-refractivity contribution is -0.765. The Morgan fingerprint density at radius 2 is 1.77 bits per heavy atom. The van der Waals surface area contributed by atoms with E-state index in [4.69, 9.17) is 40.9 Å². The van der Waals surface area contributed by atoms with Crippen LogP contribution in [0.4, 0.5) is 5.82 Å². The monoisotopic (exact) mass is 715 g/mol. The lowest BCUT2D eigenvalue weighted by Crippen LogP contribution is -2.46. The van der Waals surface area contributed by atoms with Crippen molar-refractivity contribution in [2.45, 2.75) is 55.5 Å². The first-order valence-corrected chi connectivity index (χ1v) is 16.9. The van der Waals surface area contributed by atoms with E-state index in [0.29, 0.717) is 0 Å². The van der Waals surface area contributed by atoms with Crippen molar-refractivity contribution in [2.24, 2.45) is 5.73 Å². The molecule has 8 N–H and O–H groups in total. The van der Waals surface area contributed by atoms with Gasteiger partial charge < -0.3 is 50.8 Å². The third-order valence-corrected chi connectivity index (χ3v) is 10.3. The number of terminal acetylenes is 1. The van der Waals surface area contributed by atoms with Crippen molar-refractivity contribution in [1.29, 1.82) is 0 Å². The number of hydrogen-bond acceptors (Lipinski definition) is 18. The molecule has 0 bridgehead atoms. The Morgan fingerprint density at radius 3 is 2.50 bits per heavy atom. The summed E-state index contributed by atoms with van der Waals surface area (Å²) < 4.78 is 59.5. The number of aliphatic hydroxyl groups is 4.